The minimum atomic E-state index is -4.66. The van der Waals surface area contributed by atoms with Gasteiger partial charge < -0.3 is 14.9 Å². The van der Waals surface area contributed by atoms with E-state index in [9.17, 15) is 18.3 Å². The molecule has 4 rings (SSSR count). The number of piperazine rings is 1. The maximum atomic E-state index is 13.5. The van der Waals surface area contributed by atoms with Crippen LogP contribution in [0.2, 0.25) is 0 Å². The van der Waals surface area contributed by atoms with Gasteiger partial charge >= 0.3 is 6.18 Å². The van der Waals surface area contributed by atoms with Crippen molar-refractivity contribution in [2.45, 2.75) is 44.5 Å². The Morgan fingerprint density at radius 1 is 1.23 bits per heavy atom. The Hall–Kier alpha value is -2.37. The van der Waals surface area contributed by atoms with Crippen molar-refractivity contribution in [1.82, 2.24) is 15.0 Å². The van der Waals surface area contributed by atoms with Crippen LogP contribution in [-0.2, 0) is 12.8 Å². The first kappa shape index (κ1) is 25.7. The van der Waals surface area contributed by atoms with Gasteiger partial charge in [0.2, 0.25) is 5.95 Å². The van der Waals surface area contributed by atoms with Crippen LogP contribution in [0.25, 0.3) is 10.6 Å². The summed E-state index contributed by atoms with van der Waals surface area (Å²) in [5, 5.41) is 12.3. The average Bonchev–Trinajstić information content (AvgIpc) is 3.28. The molecule has 1 atom stereocenters. The Labute approximate surface area is 211 Å². The highest BCUT2D eigenvalue weighted by Gasteiger charge is 2.38. The van der Waals surface area contributed by atoms with Gasteiger partial charge in [-0.05, 0) is 37.3 Å². The molecule has 1 unspecified atom stereocenters. The monoisotopic (exact) mass is 523 g/mol. The third-order valence-corrected chi connectivity index (χ3v) is 7.91. The van der Waals surface area contributed by atoms with Gasteiger partial charge in [-0.2, -0.15) is 13.2 Å². The summed E-state index contributed by atoms with van der Waals surface area (Å²) >= 11 is 3.30. The summed E-state index contributed by atoms with van der Waals surface area (Å²) in [6.45, 7) is 7.07. The molecule has 0 bridgehead atoms. The van der Waals surface area contributed by atoms with Crippen LogP contribution in [-0.4, -0.2) is 52.0 Å². The van der Waals surface area contributed by atoms with Crippen molar-refractivity contribution in [3.63, 3.8) is 0 Å². The first-order chi connectivity index (χ1) is 16.6. The van der Waals surface area contributed by atoms with Crippen LogP contribution in [0.5, 0.6) is 0 Å². The second-order valence-electron chi connectivity index (χ2n) is 8.83. The smallest absolute Gasteiger partial charge is 0.392 e. The third kappa shape index (κ3) is 5.41. The zero-order valence-corrected chi connectivity index (χ0v) is 21.6. The second kappa shape index (κ2) is 10.3. The van der Waals surface area contributed by atoms with Crippen LogP contribution < -0.4 is 9.80 Å². The molecular formula is C24H28F3N5OS2. The Morgan fingerprint density at radius 3 is 2.60 bits per heavy atom. The number of thiazole rings is 1. The van der Waals surface area contributed by atoms with Crippen LogP contribution in [0.1, 0.15) is 30.8 Å². The van der Waals surface area contributed by atoms with Crippen LogP contribution >= 0.6 is 23.1 Å². The molecule has 0 spiro atoms. The van der Waals surface area contributed by atoms with Gasteiger partial charge in [-0.3, -0.25) is 0 Å². The number of benzene rings is 1. The highest BCUT2D eigenvalue weighted by atomic mass is 32.2. The molecule has 0 aliphatic carbocycles. The summed E-state index contributed by atoms with van der Waals surface area (Å²) in [5.41, 5.74) is 1.79. The number of aryl methyl sites for hydroxylation is 1. The summed E-state index contributed by atoms with van der Waals surface area (Å²) in [6, 6.07) is 6.28. The van der Waals surface area contributed by atoms with Crippen LogP contribution in [0.15, 0.2) is 34.7 Å². The number of thioether (sulfide) groups is 1. The minimum Gasteiger partial charge on any atom is -0.392 e. The quantitative estimate of drug-likeness (QED) is 0.429. The van der Waals surface area contributed by atoms with E-state index in [4.69, 9.17) is 0 Å². The maximum absolute atomic E-state index is 13.5. The van der Waals surface area contributed by atoms with Crippen LogP contribution in [0, 0.1) is 12.8 Å². The number of alkyl halides is 3. The van der Waals surface area contributed by atoms with Crippen molar-refractivity contribution in [1.29, 1.82) is 0 Å². The molecule has 0 amide bonds. The number of hydrogen-bond acceptors (Lipinski definition) is 8. The molecule has 1 aliphatic heterocycles. The van der Waals surface area contributed by atoms with E-state index in [-0.39, 0.29) is 23.5 Å². The highest BCUT2D eigenvalue weighted by Crippen LogP contribution is 2.37. The van der Waals surface area contributed by atoms with Gasteiger partial charge in [-0.25, -0.2) is 15.0 Å². The zero-order valence-electron chi connectivity index (χ0n) is 20.0. The normalized spacial score (nSPS) is 16.9. The van der Waals surface area contributed by atoms with E-state index < -0.39 is 18.5 Å². The van der Waals surface area contributed by atoms with E-state index >= 15 is 0 Å². The van der Waals surface area contributed by atoms with Gasteiger partial charge in [0.05, 0.1) is 12.6 Å². The van der Waals surface area contributed by atoms with E-state index in [2.05, 4.69) is 51.9 Å². The number of aromatic nitrogens is 3. The van der Waals surface area contributed by atoms with Crippen molar-refractivity contribution < 1.29 is 18.3 Å². The molecule has 1 aliphatic rings. The van der Waals surface area contributed by atoms with E-state index in [1.54, 1.807) is 23.1 Å². The maximum Gasteiger partial charge on any atom is 0.433 e. The summed E-state index contributed by atoms with van der Waals surface area (Å²) in [7, 11) is 0. The lowest BCUT2D eigenvalue weighted by molar-refractivity contribution is -0.142. The summed E-state index contributed by atoms with van der Waals surface area (Å²) in [5.74, 6) is 0.206. The molecule has 6 nitrogen and oxygen atoms in total. The molecule has 3 aromatic rings. The molecule has 3 heterocycles. The molecular weight excluding hydrogens is 495 g/mol. The number of hydrogen-bond donors (Lipinski definition) is 1. The SMILES string of the molecule is CSc1cc(N2CCN(c3ncc(CO)c(C(F)(F)F)n3)C(C(C)C)C2)ccc1-c1nc(C)cs1. The molecule has 35 heavy (non-hydrogen) atoms. The van der Waals surface area contributed by atoms with Crippen molar-refractivity contribution in [2.24, 2.45) is 5.92 Å². The summed E-state index contributed by atoms with van der Waals surface area (Å²) < 4.78 is 40.5. The molecule has 1 aromatic carbocycles. The molecule has 11 heteroatoms. The Morgan fingerprint density at radius 2 is 2.00 bits per heavy atom. The number of halogens is 3. The van der Waals surface area contributed by atoms with Gasteiger partial charge in [0.25, 0.3) is 0 Å². The van der Waals surface area contributed by atoms with Crippen molar-refractivity contribution in [3.05, 3.63) is 46.7 Å². The molecule has 188 valence electrons. The summed E-state index contributed by atoms with van der Waals surface area (Å²) in [4.78, 5) is 17.9. The molecule has 1 saturated heterocycles. The average molecular weight is 524 g/mol. The fourth-order valence-corrected chi connectivity index (χ4v) is 5.82. The number of aliphatic hydroxyl groups excluding tert-OH is 1. The molecule has 0 radical (unpaired) electrons. The first-order valence-electron chi connectivity index (χ1n) is 11.3. The van der Waals surface area contributed by atoms with E-state index in [1.165, 1.54) is 0 Å². The lowest BCUT2D eigenvalue weighted by atomic mass is 9.99. The van der Waals surface area contributed by atoms with E-state index in [1.807, 2.05) is 23.5 Å². The van der Waals surface area contributed by atoms with Gasteiger partial charge in [0.1, 0.15) is 5.01 Å². The van der Waals surface area contributed by atoms with Crippen molar-refractivity contribution >= 4 is 34.7 Å². The highest BCUT2D eigenvalue weighted by molar-refractivity contribution is 7.98. The zero-order chi connectivity index (χ0) is 25.3. The van der Waals surface area contributed by atoms with Gasteiger partial charge in [-0.15, -0.1) is 23.1 Å². The molecule has 1 N–H and O–H groups in total. The lowest BCUT2D eigenvalue weighted by Crippen LogP contribution is -2.56. The number of aliphatic hydroxyl groups is 1. The lowest BCUT2D eigenvalue weighted by Gasteiger charge is -2.44. The summed E-state index contributed by atoms with van der Waals surface area (Å²) in [6.07, 6.45) is -1.53. The largest absolute Gasteiger partial charge is 0.433 e. The first-order valence-corrected chi connectivity index (χ1v) is 13.4. The van der Waals surface area contributed by atoms with E-state index in [0.717, 1.165) is 33.0 Å². The Bertz CT molecular complexity index is 1180. The molecule has 2 aromatic heterocycles. The topological polar surface area (TPSA) is 65.4 Å². The van der Waals surface area contributed by atoms with Crippen LogP contribution in [0.3, 0.4) is 0 Å². The predicted octanol–water partition coefficient (Wildman–Crippen LogP) is 5.49. The minimum absolute atomic E-state index is 0.0483. The fraction of sp³-hybridized carbons (Fsp3) is 0.458. The molecule has 1 fully saturated rings. The number of rotatable bonds is 6. The van der Waals surface area contributed by atoms with E-state index in [0.29, 0.717) is 19.6 Å². The van der Waals surface area contributed by atoms with Gasteiger partial charge in [0.15, 0.2) is 5.69 Å². The van der Waals surface area contributed by atoms with Gasteiger partial charge in [-0.1, -0.05) is 13.8 Å². The Balaban J connectivity index is 1.61. The number of nitrogens with zero attached hydrogens (tertiary/aromatic N) is 5. The third-order valence-electron chi connectivity index (χ3n) is 6.14. The van der Waals surface area contributed by atoms with Gasteiger partial charge in [0, 0.05) is 58.6 Å². The van der Waals surface area contributed by atoms with Crippen molar-refractivity contribution in [3.8, 4) is 10.6 Å². The second-order valence-corrected chi connectivity index (χ2v) is 10.5. The standard InChI is InChI=1S/C24H28F3N5OS2/c1-14(2)19-11-31(17-5-6-18(20(9-17)34-4)22-29-15(3)13-35-22)7-8-32(19)23-28-10-16(12-33)21(30-23)24(25,26)27/h5-6,9-10,13-14,19,33H,7-8,11-12H2,1-4H3. The Kier molecular flexibility index (Phi) is 7.58. The number of anilines is 2. The van der Waals surface area contributed by atoms with Crippen molar-refractivity contribution in [2.75, 3.05) is 35.7 Å². The molecule has 0 saturated carbocycles. The fourth-order valence-electron chi connectivity index (χ4n) is 4.29. The predicted molar refractivity (Wildman–Crippen MR) is 135 cm³/mol. The van der Waals surface area contributed by atoms with Crippen LogP contribution in [0.4, 0.5) is 24.8 Å².